The fourth-order valence-corrected chi connectivity index (χ4v) is 1.21. The van der Waals surface area contributed by atoms with Crippen molar-refractivity contribution in [1.82, 2.24) is 9.55 Å². The molecule has 12 heavy (non-hydrogen) atoms. The van der Waals surface area contributed by atoms with Gasteiger partial charge in [0.05, 0.1) is 0 Å². The van der Waals surface area contributed by atoms with Gasteiger partial charge in [-0.15, -0.1) is 0 Å². The Morgan fingerprint density at radius 1 is 1.83 bits per heavy atom. The number of hydrogen-bond acceptors (Lipinski definition) is 4. The third-order valence-corrected chi connectivity index (χ3v) is 1.77. The molecule has 0 saturated heterocycles. The first-order chi connectivity index (χ1) is 5.66. The molecule has 1 heterocycles. The van der Waals surface area contributed by atoms with Gasteiger partial charge < -0.3 is 10.1 Å². The third kappa shape index (κ3) is 1.50. The average molecular weight is 234 g/mol. The SMILES string of the molecule is O=CCn1cnc(Br)c1[N+](=O)[O-]. The summed E-state index contributed by atoms with van der Waals surface area (Å²) in [6, 6.07) is 0. The van der Waals surface area contributed by atoms with E-state index in [1.165, 1.54) is 6.33 Å². The Morgan fingerprint density at radius 3 is 3.00 bits per heavy atom. The predicted molar refractivity (Wildman–Crippen MR) is 42.6 cm³/mol. The standard InChI is InChI=1S/C5H4BrN3O3/c6-4-5(9(11)12)8(1-2-10)3-7-4/h2-3H,1H2. The van der Waals surface area contributed by atoms with E-state index in [2.05, 4.69) is 20.9 Å². The third-order valence-electron chi connectivity index (χ3n) is 1.21. The first kappa shape index (κ1) is 8.85. The molecule has 0 bridgehead atoms. The van der Waals surface area contributed by atoms with Crippen LogP contribution in [0.1, 0.15) is 0 Å². The maximum atomic E-state index is 10.4. The lowest BCUT2D eigenvalue weighted by atomic mass is 10.6. The van der Waals surface area contributed by atoms with E-state index in [4.69, 9.17) is 0 Å². The van der Waals surface area contributed by atoms with Crippen LogP contribution >= 0.6 is 15.9 Å². The highest BCUT2D eigenvalue weighted by Gasteiger charge is 2.18. The van der Waals surface area contributed by atoms with E-state index in [9.17, 15) is 14.9 Å². The molecule has 0 aliphatic carbocycles. The van der Waals surface area contributed by atoms with Crippen LogP contribution in [0.15, 0.2) is 10.9 Å². The normalized spacial score (nSPS) is 9.75. The largest absolute Gasteiger partial charge is 0.358 e. The number of carbonyl (C=O) groups is 1. The summed E-state index contributed by atoms with van der Waals surface area (Å²) in [5, 5.41) is 10.4. The second kappa shape index (κ2) is 3.44. The molecule has 0 saturated carbocycles. The molecule has 0 aromatic carbocycles. The van der Waals surface area contributed by atoms with Crippen LogP contribution in [0, 0.1) is 10.1 Å². The molecule has 0 aliphatic heterocycles. The molecule has 7 heteroatoms. The number of nitrogens with zero attached hydrogens (tertiary/aromatic N) is 3. The molecule has 0 spiro atoms. The van der Waals surface area contributed by atoms with Crippen molar-refractivity contribution >= 4 is 28.0 Å². The van der Waals surface area contributed by atoms with Crippen LogP contribution in [0.3, 0.4) is 0 Å². The van der Waals surface area contributed by atoms with Crippen molar-refractivity contribution in [3.63, 3.8) is 0 Å². The molecule has 0 aliphatic rings. The summed E-state index contributed by atoms with van der Waals surface area (Å²) in [6.45, 7) is -0.0606. The number of carbonyl (C=O) groups excluding carboxylic acids is 1. The van der Waals surface area contributed by atoms with Crippen LogP contribution in [0.5, 0.6) is 0 Å². The summed E-state index contributed by atoms with van der Waals surface area (Å²) < 4.78 is 1.28. The van der Waals surface area contributed by atoms with Crippen molar-refractivity contribution in [2.75, 3.05) is 0 Å². The fourth-order valence-electron chi connectivity index (χ4n) is 0.745. The van der Waals surface area contributed by atoms with Crippen LogP contribution in [0.4, 0.5) is 5.82 Å². The highest BCUT2D eigenvalue weighted by atomic mass is 79.9. The minimum absolute atomic E-state index is 0.0606. The molecule has 6 nitrogen and oxygen atoms in total. The molecule has 64 valence electrons. The highest BCUT2D eigenvalue weighted by Crippen LogP contribution is 2.21. The van der Waals surface area contributed by atoms with E-state index in [1.54, 1.807) is 0 Å². The van der Waals surface area contributed by atoms with E-state index in [0.717, 1.165) is 4.57 Å². The van der Waals surface area contributed by atoms with Gasteiger partial charge in [-0.1, -0.05) is 0 Å². The average Bonchev–Trinajstić information content (AvgIpc) is 2.32. The van der Waals surface area contributed by atoms with Crippen molar-refractivity contribution in [1.29, 1.82) is 0 Å². The quantitative estimate of drug-likeness (QED) is 0.439. The lowest BCUT2D eigenvalue weighted by molar-refractivity contribution is -0.392. The highest BCUT2D eigenvalue weighted by molar-refractivity contribution is 9.10. The van der Waals surface area contributed by atoms with Gasteiger partial charge in [-0.05, 0) is 20.9 Å². The van der Waals surface area contributed by atoms with E-state index in [1.807, 2.05) is 0 Å². The van der Waals surface area contributed by atoms with Crippen LogP contribution in [0.2, 0.25) is 0 Å². The Labute approximate surface area is 75.5 Å². The molecular weight excluding hydrogens is 230 g/mol. The zero-order valence-electron chi connectivity index (χ0n) is 5.81. The molecular formula is C5H4BrN3O3. The van der Waals surface area contributed by atoms with Gasteiger partial charge in [0.15, 0.2) is 12.6 Å². The van der Waals surface area contributed by atoms with Gasteiger partial charge in [0.25, 0.3) is 0 Å². The molecule has 0 fully saturated rings. The molecule has 0 unspecified atom stereocenters. The molecule has 1 rings (SSSR count). The zero-order chi connectivity index (χ0) is 9.14. The predicted octanol–water partition coefficient (Wildman–Crippen LogP) is 0.753. The van der Waals surface area contributed by atoms with Gasteiger partial charge >= 0.3 is 5.82 Å². The topological polar surface area (TPSA) is 78.0 Å². The number of imidazole rings is 1. The number of nitro groups is 1. The van der Waals surface area contributed by atoms with Crippen LogP contribution < -0.4 is 0 Å². The Bertz CT molecular complexity index is 322. The van der Waals surface area contributed by atoms with Gasteiger partial charge in [0.1, 0.15) is 6.54 Å². The maximum absolute atomic E-state index is 10.4. The smallest absolute Gasteiger partial charge is 0.357 e. The van der Waals surface area contributed by atoms with Crippen LogP contribution in [-0.2, 0) is 11.3 Å². The summed E-state index contributed by atoms with van der Waals surface area (Å²) in [4.78, 5) is 23.5. The Balaban J connectivity index is 3.11. The van der Waals surface area contributed by atoms with E-state index in [-0.39, 0.29) is 17.0 Å². The number of rotatable bonds is 3. The second-order valence-electron chi connectivity index (χ2n) is 1.94. The van der Waals surface area contributed by atoms with Crippen molar-refractivity contribution in [3.8, 4) is 0 Å². The van der Waals surface area contributed by atoms with Crippen LogP contribution in [0.25, 0.3) is 0 Å². The van der Waals surface area contributed by atoms with Crippen molar-refractivity contribution in [2.24, 2.45) is 0 Å². The minimum atomic E-state index is -0.597. The zero-order valence-corrected chi connectivity index (χ0v) is 7.39. The van der Waals surface area contributed by atoms with E-state index >= 15 is 0 Å². The summed E-state index contributed by atoms with van der Waals surface area (Å²) in [5.74, 6) is -0.206. The van der Waals surface area contributed by atoms with Crippen LogP contribution in [-0.4, -0.2) is 20.8 Å². The van der Waals surface area contributed by atoms with Gasteiger partial charge in [-0.3, -0.25) is 4.79 Å². The molecule has 1 aromatic rings. The number of halogens is 1. The van der Waals surface area contributed by atoms with Gasteiger partial charge in [-0.2, -0.15) is 0 Å². The first-order valence-electron chi connectivity index (χ1n) is 2.95. The molecule has 0 radical (unpaired) electrons. The number of aromatic nitrogens is 2. The summed E-state index contributed by atoms with van der Waals surface area (Å²) in [6.07, 6.45) is 1.80. The summed E-state index contributed by atoms with van der Waals surface area (Å²) >= 11 is 2.90. The van der Waals surface area contributed by atoms with E-state index < -0.39 is 4.92 Å². The maximum Gasteiger partial charge on any atom is 0.357 e. The lowest BCUT2D eigenvalue weighted by Gasteiger charge is -1.94. The lowest BCUT2D eigenvalue weighted by Crippen LogP contribution is -2.02. The summed E-state index contributed by atoms with van der Waals surface area (Å²) in [7, 11) is 0. The molecule has 1 aromatic heterocycles. The second-order valence-corrected chi connectivity index (χ2v) is 2.69. The minimum Gasteiger partial charge on any atom is -0.358 e. The summed E-state index contributed by atoms with van der Waals surface area (Å²) in [5.41, 5.74) is 0. The Hall–Kier alpha value is -1.24. The van der Waals surface area contributed by atoms with Crippen molar-refractivity contribution in [3.05, 3.63) is 21.0 Å². The fraction of sp³-hybridized carbons (Fsp3) is 0.200. The van der Waals surface area contributed by atoms with E-state index in [0.29, 0.717) is 6.29 Å². The Morgan fingerprint density at radius 2 is 2.50 bits per heavy atom. The molecule has 0 atom stereocenters. The van der Waals surface area contributed by atoms with Crippen molar-refractivity contribution < 1.29 is 9.72 Å². The van der Waals surface area contributed by atoms with Gasteiger partial charge in [0.2, 0.25) is 4.60 Å². The van der Waals surface area contributed by atoms with Gasteiger partial charge in [-0.25, -0.2) is 9.55 Å². The molecule has 0 N–H and O–H groups in total. The van der Waals surface area contributed by atoms with Crippen molar-refractivity contribution in [2.45, 2.75) is 6.54 Å². The first-order valence-corrected chi connectivity index (χ1v) is 3.74. The monoisotopic (exact) mass is 233 g/mol. The molecule has 0 amide bonds. The number of aldehydes is 1. The Kier molecular flexibility index (Phi) is 2.54. The number of hydrogen-bond donors (Lipinski definition) is 0. The van der Waals surface area contributed by atoms with Gasteiger partial charge in [0, 0.05) is 0 Å².